The van der Waals surface area contributed by atoms with Gasteiger partial charge in [0.1, 0.15) is 0 Å². The van der Waals surface area contributed by atoms with Crippen LogP contribution in [0.4, 0.5) is 5.95 Å². The molecule has 1 aromatic rings. The minimum atomic E-state index is -0.0668. The number of amides is 1. The fraction of sp³-hybridized carbons (Fsp3) is 0.643. The maximum atomic E-state index is 12.0. The van der Waals surface area contributed by atoms with Gasteiger partial charge in [-0.3, -0.25) is 15.0 Å². The van der Waals surface area contributed by atoms with Gasteiger partial charge in [0.25, 0.3) is 0 Å². The van der Waals surface area contributed by atoms with E-state index < -0.39 is 0 Å². The fourth-order valence-electron chi connectivity index (χ4n) is 2.37. The first-order chi connectivity index (χ1) is 9.65. The van der Waals surface area contributed by atoms with Crippen LogP contribution in [0.5, 0.6) is 0 Å². The Kier molecular flexibility index (Phi) is 5.43. The molecule has 20 heavy (non-hydrogen) atoms. The van der Waals surface area contributed by atoms with Crippen LogP contribution in [0.3, 0.4) is 0 Å². The molecular weight excluding hydrogens is 254 g/mol. The van der Waals surface area contributed by atoms with Crippen molar-refractivity contribution in [3.8, 4) is 0 Å². The molecule has 6 nitrogen and oxygen atoms in total. The van der Waals surface area contributed by atoms with Crippen LogP contribution in [0.2, 0.25) is 0 Å². The van der Waals surface area contributed by atoms with E-state index in [1.54, 1.807) is 18.5 Å². The molecule has 6 heteroatoms. The summed E-state index contributed by atoms with van der Waals surface area (Å²) in [6.45, 7) is 6.58. The van der Waals surface area contributed by atoms with Gasteiger partial charge in [-0.15, -0.1) is 0 Å². The molecule has 0 bridgehead atoms. The van der Waals surface area contributed by atoms with Crippen LogP contribution >= 0.6 is 0 Å². The number of aromatic nitrogens is 2. The lowest BCUT2D eigenvalue weighted by Gasteiger charge is -2.28. The van der Waals surface area contributed by atoms with E-state index in [1.807, 2.05) is 0 Å². The maximum absolute atomic E-state index is 12.0. The number of anilines is 1. The van der Waals surface area contributed by atoms with E-state index in [9.17, 15) is 4.79 Å². The second kappa shape index (κ2) is 7.31. The number of carbonyl (C=O) groups is 1. The Morgan fingerprint density at radius 3 is 2.85 bits per heavy atom. The van der Waals surface area contributed by atoms with E-state index in [0.29, 0.717) is 24.6 Å². The van der Waals surface area contributed by atoms with Crippen LogP contribution in [-0.2, 0) is 4.79 Å². The Hall–Kier alpha value is -1.53. The highest BCUT2D eigenvalue weighted by Crippen LogP contribution is 2.09. The van der Waals surface area contributed by atoms with E-state index in [2.05, 4.69) is 39.3 Å². The summed E-state index contributed by atoms with van der Waals surface area (Å²) in [4.78, 5) is 22.2. The lowest BCUT2D eigenvalue weighted by atomic mass is 10.2. The Bertz CT molecular complexity index is 417. The zero-order valence-electron chi connectivity index (χ0n) is 12.2. The molecule has 0 saturated carbocycles. The number of carbonyl (C=O) groups excluding carboxylic acids is 1. The first kappa shape index (κ1) is 14.9. The SMILES string of the molecule is CC(C)N(CC(=O)Nc1ncccn1)CC1CCCN1. The Balaban J connectivity index is 1.85. The van der Waals surface area contributed by atoms with Gasteiger partial charge in [0.15, 0.2) is 0 Å². The predicted molar refractivity (Wildman–Crippen MR) is 78.4 cm³/mol. The van der Waals surface area contributed by atoms with Gasteiger partial charge in [-0.1, -0.05) is 0 Å². The highest BCUT2D eigenvalue weighted by molar-refractivity contribution is 5.90. The third kappa shape index (κ3) is 4.54. The molecule has 0 spiro atoms. The lowest BCUT2D eigenvalue weighted by Crippen LogP contribution is -2.45. The Morgan fingerprint density at radius 2 is 2.25 bits per heavy atom. The number of hydrogen-bond acceptors (Lipinski definition) is 5. The van der Waals surface area contributed by atoms with Gasteiger partial charge in [0.2, 0.25) is 11.9 Å². The van der Waals surface area contributed by atoms with Gasteiger partial charge in [-0.2, -0.15) is 0 Å². The summed E-state index contributed by atoms with van der Waals surface area (Å²) < 4.78 is 0. The third-order valence-corrected chi connectivity index (χ3v) is 3.51. The van der Waals surface area contributed by atoms with Crippen LogP contribution in [-0.4, -0.2) is 52.5 Å². The predicted octanol–water partition coefficient (Wildman–Crippen LogP) is 0.877. The molecule has 1 aliphatic heterocycles. The molecule has 1 unspecified atom stereocenters. The van der Waals surface area contributed by atoms with E-state index in [4.69, 9.17) is 0 Å². The summed E-state index contributed by atoms with van der Waals surface area (Å²) in [5.41, 5.74) is 0. The largest absolute Gasteiger partial charge is 0.313 e. The second-order valence-corrected chi connectivity index (χ2v) is 5.44. The molecule has 1 aromatic heterocycles. The Labute approximate surface area is 120 Å². The summed E-state index contributed by atoms with van der Waals surface area (Å²) >= 11 is 0. The number of hydrogen-bond donors (Lipinski definition) is 2. The van der Waals surface area contributed by atoms with Gasteiger partial charge < -0.3 is 5.32 Å². The van der Waals surface area contributed by atoms with Crippen LogP contribution in [0.1, 0.15) is 26.7 Å². The highest BCUT2D eigenvalue weighted by atomic mass is 16.2. The second-order valence-electron chi connectivity index (χ2n) is 5.44. The molecule has 1 fully saturated rings. The molecule has 2 N–H and O–H groups in total. The van der Waals surface area contributed by atoms with Crippen molar-refractivity contribution in [1.29, 1.82) is 0 Å². The standard InChI is InChI=1S/C14H23N5O/c1-11(2)19(9-12-5-3-6-15-12)10-13(20)18-14-16-7-4-8-17-14/h4,7-8,11-12,15H,3,5-6,9-10H2,1-2H3,(H,16,17,18,20). The molecule has 2 rings (SSSR count). The number of nitrogens with one attached hydrogen (secondary N) is 2. The lowest BCUT2D eigenvalue weighted by molar-refractivity contribution is -0.117. The molecule has 1 aliphatic rings. The van der Waals surface area contributed by atoms with E-state index in [0.717, 1.165) is 13.1 Å². The van der Waals surface area contributed by atoms with Crippen LogP contribution < -0.4 is 10.6 Å². The topological polar surface area (TPSA) is 70.2 Å². The molecule has 1 amide bonds. The average Bonchev–Trinajstić information content (AvgIpc) is 2.92. The molecular formula is C14H23N5O. The van der Waals surface area contributed by atoms with Crippen molar-refractivity contribution in [1.82, 2.24) is 20.2 Å². The minimum Gasteiger partial charge on any atom is -0.313 e. The molecule has 0 radical (unpaired) electrons. The first-order valence-electron chi connectivity index (χ1n) is 7.19. The molecule has 110 valence electrons. The van der Waals surface area contributed by atoms with Crippen molar-refractivity contribution in [2.24, 2.45) is 0 Å². The van der Waals surface area contributed by atoms with Gasteiger partial charge in [-0.25, -0.2) is 9.97 Å². The molecule has 1 saturated heterocycles. The van der Waals surface area contributed by atoms with Crippen molar-refractivity contribution >= 4 is 11.9 Å². The minimum absolute atomic E-state index is 0.0668. The van der Waals surface area contributed by atoms with Crippen molar-refractivity contribution in [3.05, 3.63) is 18.5 Å². The van der Waals surface area contributed by atoms with Gasteiger partial charge in [-0.05, 0) is 39.3 Å². The van der Waals surface area contributed by atoms with Crippen molar-refractivity contribution < 1.29 is 4.79 Å². The van der Waals surface area contributed by atoms with Crippen LogP contribution in [0, 0.1) is 0 Å². The van der Waals surface area contributed by atoms with Crippen LogP contribution in [0.15, 0.2) is 18.5 Å². The third-order valence-electron chi connectivity index (χ3n) is 3.51. The van der Waals surface area contributed by atoms with Gasteiger partial charge in [0.05, 0.1) is 6.54 Å². The summed E-state index contributed by atoms with van der Waals surface area (Å²) in [7, 11) is 0. The summed E-state index contributed by atoms with van der Waals surface area (Å²) in [6.07, 6.45) is 5.64. The first-order valence-corrected chi connectivity index (χ1v) is 7.19. The Morgan fingerprint density at radius 1 is 1.50 bits per heavy atom. The number of rotatable bonds is 6. The van der Waals surface area contributed by atoms with Gasteiger partial charge in [0, 0.05) is 31.0 Å². The van der Waals surface area contributed by atoms with Crippen LogP contribution in [0.25, 0.3) is 0 Å². The molecule has 0 aliphatic carbocycles. The average molecular weight is 277 g/mol. The van der Waals surface area contributed by atoms with E-state index >= 15 is 0 Å². The van der Waals surface area contributed by atoms with E-state index in [1.165, 1.54) is 12.8 Å². The summed E-state index contributed by atoms with van der Waals surface area (Å²) in [5, 5.41) is 6.20. The smallest absolute Gasteiger partial charge is 0.240 e. The van der Waals surface area contributed by atoms with E-state index in [-0.39, 0.29) is 5.91 Å². The highest BCUT2D eigenvalue weighted by Gasteiger charge is 2.21. The number of nitrogens with zero attached hydrogens (tertiary/aromatic N) is 3. The van der Waals surface area contributed by atoms with Crippen molar-refractivity contribution in [2.75, 3.05) is 25.0 Å². The summed E-state index contributed by atoms with van der Waals surface area (Å²) in [6, 6.07) is 2.56. The maximum Gasteiger partial charge on any atom is 0.240 e. The van der Waals surface area contributed by atoms with Gasteiger partial charge >= 0.3 is 0 Å². The molecule has 0 aromatic carbocycles. The quantitative estimate of drug-likeness (QED) is 0.807. The van der Waals surface area contributed by atoms with Crippen molar-refractivity contribution in [2.45, 2.75) is 38.8 Å². The molecule has 2 heterocycles. The zero-order chi connectivity index (χ0) is 14.4. The normalized spacial score (nSPS) is 18.7. The fourth-order valence-corrected chi connectivity index (χ4v) is 2.37. The molecule has 1 atom stereocenters. The van der Waals surface area contributed by atoms with Crippen molar-refractivity contribution in [3.63, 3.8) is 0 Å². The zero-order valence-corrected chi connectivity index (χ0v) is 12.2. The summed E-state index contributed by atoms with van der Waals surface area (Å²) in [5.74, 6) is 0.295. The monoisotopic (exact) mass is 277 g/mol.